The lowest BCUT2D eigenvalue weighted by Crippen LogP contribution is -2.43. The van der Waals surface area contributed by atoms with E-state index in [1.54, 1.807) is 32.0 Å². The zero-order valence-electron chi connectivity index (χ0n) is 19.7. The van der Waals surface area contributed by atoms with E-state index in [0.29, 0.717) is 55.0 Å². The van der Waals surface area contributed by atoms with Crippen LogP contribution in [0.4, 0.5) is 5.69 Å². The molecule has 1 amide bonds. The molecule has 0 saturated carbocycles. The summed E-state index contributed by atoms with van der Waals surface area (Å²) in [5.41, 5.74) is 1.85. The van der Waals surface area contributed by atoms with Crippen LogP contribution in [0.2, 0.25) is 0 Å². The number of benzene rings is 1. The summed E-state index contributed by atoms with van der Waals surface area (Å²) in [6, 6.07) is 5.02. The number of amides is 1. The maximum Gasteiger partial charge on any atom is 0.419 e. The van der Waals surface area contributed by atoms with Gasteiger partial charge in [0.05, 0.1) is 11.4 Å². The normalized spacial score (nSPS) is 17.5. The summed E-state index contributed by atoms with van der Waals surface area (Å²) in [7, 11) is 0.00824. The van der Waals surface area contributed by atoms with E-state index in [-0.39, 0.29) is 23.1 Å². The number of aryl methyl sites for hydroxylation is 2. The first-order valence-electron chi connectivity index (χ1n) is 11.1. The van der Waals surface area contributed by atoms with Gasteiger partial charge in [-0.05, 0) is 59.0 Å². The number of aromatic nitrogens is 2. The van der Waals surface area contributed by atoms with Crippen LogP contribution < -0.4 is 11.1 Å². The highest BCUT2D eigenvalue weighted by atomic mass is 32.2. The van der Waals surface area contributed by atoms with Crippen LogP contribution in [0.3, 0.4) is 0 Å². The van der Waals surface area contributed by atoms with Crippen molar-refractivity contribution in [1.29, 1.82) is 0 Å². The lowest BCUT2D eigenvalue weighted by atomic mass is 9.98. The number of piperidine rings is 1. The van der Waals surface area contributed by atoms with Crippen molar-refractivity contribution in [1.82, 2.24) is 18.9 Å². The Kier molecular flexibility index (Phi) is 6.65. The molecule has 1 saturated heterocycles. The van der Waals surface area contributed by atoms with Gasteiger partial charge in [0.25, 0.3) is 0 Å². The lowest BCUT2D eigenvalue weighted by molar-refractivity contribution is -0.120. The minimum absolute atomic E-state index is 0.0645. The highest BCUT2D eigenvalue weighted by Gasteiger charge is 2.36. The Morgan fingerprint density at radius 3 is 2.74 bits per heavy atom. The van der Waals surface area contributed by atoms with E-state index in [0.717, 1.165) is 0 Å². The Morgan fingerprint density at radius 2 is 2.06 bits per heavy atom. The summed E-state index contributed by atoms with van der Waals surface area (Å²) in [5, 5.41) is 6.62. The van der Waals surface area contributed by atoms with Crippen LogP contribution in [-0.4, -0.2) is 67.0 Å². The molecule has 184 valence electrons. The maximum atomic E-state index is 13.2. The van der Waals surface area contributed by atoms with Crippen molar-refractivity contribution in [2.24, 2.45) is 5.92 Å². The third kappa shape index (κ3) is 4.65. The number of anilines is 1. The molecule has 1 fully saturated rings. The minimum Gasteiger partial charge on any atom is -0.408 e. The Bertz CT molecular complexity index is 1350. The standard InChI is InChI=1S/C22H29N5O6S/c1-14-20(15(2)33-24-14)34(30,31)26-9-5-6-16(13-26)21(28)23-17-7-8-19-18(12-17)27(22(29)32-19)11-10-25(3)4/h7-8,12,16H,5-6,9-11,13H2,1-4H3,(H,23,28). The predicted molar refractivity (Wildman–Crippen MR) is 125 cm³/mol. The third-order valence-corrected chi connectivity index (χ3v) is 8.14. The van der Waals surface area contributed by atoms with Crippen molar-refractivity contribution >= 4 is 32.7 Å². The Hall–Kier alpha value is -2.96. The van der Waals surface area contributed by atoms with Gasteiger partial charge in [0.2, 0.25) is 15.9 Å². The molecule has 4 rings (SSSR count). The fraction of sp³-hybridized carbons (Fsp3) is 0.500. The average Bonchev–Trinajstić information content (AvgIpc) is 3.29. The maximum absolute atomic E-state index is 13.2. The molecular formula is C22H29N5O6S. The molecular weight excluding hydrogens is 462 g/mol. The molecule has 3 heterocycles. The third-order valence-electron chi connectivity index (χ3n) is 6.03. The predicted octanol–water partition coefficient (Wildman–Crippen LogP) is 1.80. The van der Waals surface area contributed by atoms with Gasteiger partial charge in [-0.2, -0.15) is 4.31 Å². The van der Waals surface area contributed by atoms with Crippen molar-refractivity contribution in [3.63, 3.8) is 0 Å². The monoisotopic (exact) mass is 491 g/mol. The highest BCUT2D eigenvalue weighted by molar-refractivity contribution is 7.89. The van der Waals surface area contributed by atoms with Gasteiger partial charge in [0.1, 0.15) is 10.6 Å². The number of hydrogen-bond acceptors (Lipinski definition) is 8. The molecule has 2 aromatic heterocycles. The summed E-state index contributed by atoms with van der Waals surface area (Å²) >= 11 is 0. The van der Waals surface area contributed by atoms with Gasteiger partial charge in [-0.1, -0.05) is 5.16 Å². The molecule has 1 aliphatic heterocycles. The average molecular weight is 492 g/mol. The van der Waals surface area contributed by atoms with Crippen LogP contribution in [0.15, 0.2) is 36.8 Å². The summed E-state index contributed by atoms with van der Waals surface area (Å²) in [6.45, 7) is 4.65. The van der Waals surface area contributed by atoms with Crippen LogP contribution >= 0.6 is 0 Å². The molecule has 11 nitrogen and oxygen atoms in total. The van der Waals surface area contributed by atoms with E-state index in [9.17, 15) is 18.0 Å². The molecule has 0 spiro atoms. The van der Waals surface area contributed by atoms with Crippen LogP contribution in [0.25, 0.3) is 11.1 Å². The molecule has 0 aliphatic carbocycles. The second-order valence-corrected chi connectivity index (χ2v) is 10.7. The van der Waals surface area contributed by atoms with Gasteiger partial charge in [-0.25, -0.2) is 13.2 Å². The van der Waals surface area contributed by atoms with E-state index in [1.807, 2.05) is 19.0 Å². The van der Waals surface area contributed by atoms with Crippen molar-refractivity contribution in [3.8, 4) is 0 Å². The van der Waals surface area contributed by atoms with Crippen LogP contribution in [0.5, 0.6) is 0 Å². The second-order valence-electron chi connectivity index (χ2n) is 8.85. The van der Waals surface area contributed by atoms with Gasteiger partial charge >= 0.3 is 5.76 Å². The summed E-state index contributed by atoms with van der Waals surface area (Å²) in [4.78, 5) is 27.3. The number of likely N-dealkylation sites (N-methyl/N-ethyl adjacent to an activating group) is 1. The number of nitrogens with zero attached hydrogens (tertiary/aromatic N) is 4. The summed E-state index contributed by atoms with van der Waals surface area (Å²) in [6.07, 6.45) is 1.13. The van der Waals surface area contributed by atoms with Crippen molar-refractivity contribution in [2.75, 3.05) is 39.0 Å². The van der Waals surface area contributed by atoms with Gasteiger partial charge in [-0.15, -0.1) is 0 Å². The Morgan fingerprint density at radius 1 is 1.29 bits per heavy atom. The number of nitrogens with one attached hydrogen (secondary N) is 1. The van der Waals surface area contributed by atoms with E-state index < -0.39 is 21.7 Å². The number of carbonyl (C=O) groups is 1. The number of fused-ring (bicyclic) bond motifs is 1. The Labute approximate surface area is 197 Å². The molecule has 0 bridgehead atoms. The summed E-state index contributed by atoms with van der Waals surface area (Å²) in [5.74, 6) is -1.01. The summed E-state index contributed by atoms with van der Waals surface area (Å²) < 4.78 is 39.5. The van der Waals surface area contributed by atoms with Gasteiger partial charge in [0.15, 0.2) is 11.3 Å². The highest BCUT2D eigenvalue weighted by Crippen LogP contribution is 2.28. The quantitative estimate of drug-likeness (QED) is 0.529. The van der Waals surface area contributed by atoms with E-state index in [1.165, 1.54) is 8.87 Å². The Balaban J connectivity index is 1.51. The molecule has 0 radical (unpaired) electrons. The molecule has 12 heteroatoms. The zero-order valence-corrected chi connectivity index (χ0v) is 20.5. The van der Waals surface area contributed by atoms with Gasteiger partial charge < -0.3 is 19.2 Å². The van der Waals surface area contributed by atoms with E-state index in [4.69, 9.17) is 8.94 Å². The minimum atomic E-state index is -3.82. The molecule has 1 aromatic carbocycles. The van der Waals surface area contributed by atoms with Gasteiger partial charge in [-0.3, -0.25) is 9.36 Å². The van der Waals surface area contributed by atoms with Crippen LogP contribution in [-0.2, 0) is 21.4 Å². The molecule has 1 unspecified atom stereocenters. The van der Waals surface area contributed by atoms with Crippen molar-refractivity contribution < 1.29 is 22.2 Å². The van der Waals surface area contributed by atoms with E-state index in [2.05, 4.69) is 10.5 Å². The number of hydrogen-bond donors (Lipinski definition) is 1. The molecule has 1 atom stereocenters. The zero-order chi connectivity index (χ0) is 24.6. The topological polar surface area (TPSA) is 131 Å². The number of sulfonamides is 1. The molecule has 34 heavy (non-hydrogen) atoms. The van der Waals surface area contributed by atoms with Crippen molar-refractivity contribution in [2.45, 2.75) is 38.1 Å². The smallest absolute Gasteiger partial charge is 0.408 e. The number of carbonyl (C=O) groups excluding carboxylic acids is 1. The second kappa shape index (κ2) is 9.35. The SMILES string of the molecule is Cc1noc(C)c1S(=O)(=O)N1CCCC(C(=O)Nc2ccc3oc(=O)n(CCN(C)C)c3c2)C1. The first-order chi connectivity index (χ1) is 16.1. The number of rotatable bonds is 7. The fourth-order valence-electron chi connectivity index (χ4n) is 4.24. The lowest BCUT2D eigenvalue weighted by Gasteiger charge is -2.31. The first kappa shape index (κ1) is 24.2. The molecule has 1 aliphatic rings. The molecule has 1 N–H and O–H groups in total. The van der Waals surface area contributed by atoms with Gasteiger partial charge in [0, 0.05) is 31.9 Å². The van der Waals surface area contributed by atoms with Crippen LogP contribution in [0, 0.1) is 19.8 Å². The first-order valence-corrected chi connectivity index (χ1v) is 12.5. The van der Waals surface area contributed by atoms with Crippen molar-refractivity contribution in [3.05, 3.63) is 40.2 Å². The number of oxazole rings is 1. The molecule has 3 aromatic rings. The van der Waals surface area contributed by atoms with Crippen LogP contribution in [0.1, 0.15) is 24.3 Å². The largest absolute Gasteiger partial charge is 0.419 e. The van der Waals surface area contributed by atoms with E-state index >= 15 is 0 Å². The fourth-order valence-corrected chi connectivity index (χ4v) is 6.06.